The molecule has 1 aromatic rings. The summed E-state index contributed by atoms with van der Waals surface area (Å²) < 4.78 is 13.7. The number of carboxylic acid groups (broad SMARTS) is 1. The highest BCUT2D eigenvalue weighted by Crippen LogP contribution is 2.23. The lowest BCUT2D eigenvalue weighted by Crippen LogP contribution is -2.46. The smallest absolute Gasteiger partial charge is 0.326 e. The van der Waals surface area contributed by atoms with E-state index < -0.39 is 23.9 Å². The van der Waals surface area contributed by atoms with Crippen molar-refractivity contribution >= 4 is 33.6 Å². The molecule has 0 bridgehead atoms. The number of anilines is 1. The number of carbonyl (C=O) groups is 2. The van der Waals surface area contributed by atoms with Gasteiger partial charge in [0.25, 0.3) is 0 Å². The summed E-state index contributed by atoms with van der Waals surface area (Å²) in [7, 11) is 0. The maximum Gasteiger partial charge on any atom is 0.326 e. The fourth-order valence-corrected chi connectivity index (χ4v) is 2.05. The summed E-state index contributed by atoms with van der Waals surface area (Å²) >= 11 is 3.04. The normalized spacial score (nSPS) is 12.1. The van der Waals surface area contributed by atoms with E-state index in [1.165, 1.54) is 12.1 Å². The van der Waals surface area contributed by atoms with E-state index in [-0.39, 0.29) is 11.6 Å². The molecule has 0 unspecified atom stereocenters. The van der Waals surface area contributed by atoms with Gasteiger partial charge in [-0.25, -0.2) is 14.0 Å². The van der Waals surface area contributed by atoms with Gasteiger partial charge >= 0.3 is 12.0 Å². The van der Waals surface area contributed by atoms with Gasteiger partial charge in [0.2, 0.25) is 0 Å². The van der Waals surface area contributed by atoms with Crippen LogP contribution >= 0.6 is 15.9 Å². The van der Waals surface area contributed by atoms with Crippen LogP contribution in [0.1, 0.15) is 19.4 Å². The molecule has 0 spiro atoms. The summed E-state index contributed by atoms with van der Waals surface area (Å²) in [6, 6.07) is 1.01. The molecule has 20 heavy (non-hydrogen) atoms. The zero-order valence-corrected chi connectivity index (χ0v) is 12.9. The number of carboxylic acids is 1. The van der Waals surface area contributed by atoms with E-state index in [0.29, 0.717) is 10.0 Å². The monoisotopic (exact) mass is 346 g/mol. The van der Waals surface area contributed by atoms with E-state index >= 15 is 0 Å². The van der Waals surface area contributed by atoms with Crippen molar-refractivity contribution < 1.29 is 19.1 Å². The van der Waals surface area contributed by atoms with Crippen LogP contribution in [0.3, 0.4) is 0 Å². The predicted octanol–water partition coefficient (Wildman–Crippen LogP) is 3.13. The molecule has 0 aromatic heterocycles. The molecule has 1 aromatic carbocycles. The van der Waals surface area contributed by atoms with Crippen LogP contribution < -0.4 is 10.6 Å². The summed E-state index contributed by atoms with van der Waals surface area (Å²) in [5, 5.41) is 13.8. The van der Waals surface area contributed by atoms with Gasteiger partial charge in [0.1, 0.15) is 11.9 Å². The lowest BCUT2D eigenvalue weighted by atomic mass is 10.1. The number of hydrogen-bond acceptors (Lipinski definition) is 2. The number of hydrogen-bond donors (Lipinski definition) is 3. The first-order valence-electron chi connectivity index (χ1n) is 5.98. The Morgan fingerprint density at radius 2 is 1.95 bits per heavy atom. The molecule has 2 amide bonds. The molecule has 0 saturated carbocycles. The number of urea groups is 1. The Kier molecular flexibility index (Phi) is 5.50. The highest BCUT2D eigenvalue weighted by Gasteiger charge is 2.23. The lowest BCUT2D eigenvalue weighted by Gasteiger charge is -2.18. The molecule has 0 aliphatic carbocycles. The quantitative estimate of drug-likeness (QED) is 0.783. The van der Waals surface area contributed by atoms with Crippen LogP contribution in [-0.2, 0) is 4.79 Å². The summed E-state index contributed by atoms with van der Waals surface area (Å²) in [4.78, 5) is 22.7. The first kappa shape index (κ1) is 16.4. The lowest BCUT2D eigenvalue weighted by molar-refractivity contribution is -0.140. The van der Waals surface area contributed by atoms with Crippen molar-refractivity contribution in [1.29, 1.82) is 0 Å². The summed E-state index contributed by atoms with van der Waals surface area (Å²) in [6.07, 6.45) is 0. The first-order chi connectivity index (χ1) is 9.22. The second kappa shape index (κ2) is 6.69. The standard InChI is InChI=1S/C13H16BrFN2O3/c1-6(2)11(12(18)19)17-13(20)16-10-5-9(15)8(14)4-7(10)3/h4-6,11H,1-3H3,(H,18,19)(H2,16,17,20)/t11-/m0/s1. The number of aryl methyl sites for hydroxylation is 1. The van der Waals surface area contributed by atoms with Gasteiger partial charge in [-0.15, -0.1) is 0 Å². The van der Waals surface area contributed by atoms with Crippen LogP contribution in [0, 0.1) is 18.7 Å². The molecule has 0 saturated heterocycles. The van der Waals surface area contributed by atoms with Crippen LogP contribution in [-0.4, -0.2) is 23.1 Å². The molecule has 110 valence electrons. The average Bonchev–Trinajstić information content (AvgIpc) is 2.32. The molecule has 1 rings (SSSR count). The van der Waals surface area contributed by atoms with E-state index in [1.54, 1.807) is 20.8 Å². The summed E-state index contributed by atoms with van der Waals surface area (Å²) in [5.41, 5.74) is 0.945. The number of nitrogens with one attached hydrogen (secondary N) is 2. The minimum atomic E-state index is -1.12. The molecule has 3 N–H and O–H groups in total. The minimum Gasteiger partial charge on any atom is -0.480 e. The number of benzene rings is 1. The van der Waals surface area contributed by atoms with Crippen LogP contribution in [0.15, 0.2) is 16.6 Å². The van der Waals surface area contributed by atoms with Crippen molar-refractivity contribution in [3.63, 3.8) is 0 Å². The molecule has 0 heterocycles. The van der Waals surface area contributed by atoms with Gasteiger partial charge in [-0.1, -0.05) is 13.8 Å². The molecular weight excluding hydrogens is 331 g/mol. The van der Waals surface area contributed by atoms with E-state index in [2.05, 4.69) is 26.6 Å². The Balaban J connectivity index is 2.81. The van der Waals surface area contributed by atoms with E-state index in [4.69, 9.17) is 5.11 Å². The molecule has 0 radical (unpaired) electrons. The van der Waals surface area contributed by atoms with Crippen molar-refractivity contribution in [3.8, 4) is 0 Å². The predicted molar refractivity (Wildman–Crippen MR) is 77.3 cm³/mol. The van der Waals surface area contributed by atoms with Crippen LogP contribution in [0.4, 0.5) is 14.9 Å². The molecular formula is C13H16BrFN2O3. The maximum absolute atomic E-state index is 13.4. The topological polar surface area (TPSA) is 78.4 Å². The Hall–Kier alpha value is -1.63. The van der Waals surface area contributed by atoms with Gasteiger partial charge in [-0.3, -0.25) is 0 Å². The highest BCUT2D eigenvalue weighted by molar-refractivity contribution is 9.10. The fourth-order valence-electron chi connectivity index (χ4n) is 1.59. The average molecular weight is 347 g/mol. The van der Waals surface area contributed by atoms with Crippen molar-refractivity contribution in [3.05, 3.63) is 28.0 Å². The second-order valence-electron chi connectivity index (χ2n) is 4.74. The first-order valence-corrected chi connectivity index (χ1v) is 6.77. The zero-order valence-electron chi connectivity index (χ0n) is 11.3. The number of aliphatic carboxylic acids is 1. The summed E-state index contributed by atoms with van der Waals surface area (Å²) in [5.74, 6) is -1.89. The molecule has 0 fully saturated rings. The highest BCUT2D eigenvalue weighted by atomic mass is 79.9. The third kappa shape index (κ3) is 4.19. The van der Waals surface area contributed by atoms with Gasteiger partial charge in [0, 0.05) is 5.69 Å². The van der Waals surface area contributed by atoms with Gasteiger partial charge in [-0.05, 0) is 46.5 Å². The van der Waals surface area contributed by atoms with Gasteiger partial charge < -0.3 is 15.7 Å². The number of halogens is 2. The van der Waals surface area contributed by atoms with Gasteiger partial charge in [0.15, 0.2) is 0 Å². The van der Waals surface area contributed by atoms with E-state index in [0.717, 1.165) is 0 Å². The third-order valence-corrected chi connectivity index (χ3v) is 3.34. The fraction of sp³-hybridized carbons (Fsp3) is 0.385. The largest absolute Gasteiger partial charge is 0.480 e. The zero-order chi connectivity index (χ0) is 15.4. The molecule has 0 aliphatic heterocycles. The number of carbonyl (C=O) groups excluding carboxylic acids is 1. The maximum atomic E-state index is 13.4. The van der Waals surface area contributed by atoms with Crippen LogP contribution in [0.5, 0.6) is 0 Å². The Morgan fingerprint density at radius 3 is 2.45 bits per heavy atom. The second-order valence-corrected chi connectivity index (χ2v) is 5.59. The number of amides is 2. The third-order valence-electron chi connectivity index (χ3n) is 2.73. The summed E-state index contributed by atoms with van der Waals surface area (Å²) in [6.45, 7) is 5.07. The van der Waals surface area contributed by atoms with Gasteiger partial charge in [0.05, 0.1) is 4.47 Å². The van der Waals surface area contributed by atoms with Crippen molar-refractivity contribution in [2.75, 3.05) is 5.32 Å². The minimum absolute atomic E-state index is 0.263. The number of rotatable bonds is 4. The molecule has 5 nitrogen and oxygen atoms in total. The Bertz CT molecular complexity index is 535. The van der Waals surface area contributed by atoms with E-state index in [9.17, 15) is 14.0 Å². The molecule has 7 heteroatoms. The van der Waals surface area contributed by atoms with Crippen LogP contribution in [0.2, 0.25) is 0 Å². The van der Waals surface area contributed by atoms with Gasteiger partial charge in [-0.2, -0.15) is 0 Å². The SMILES string of the molecule is Cc1cc(Br)c(F)cc1NC(=O)N[C@H](C(=O)O)C(C)C. The van der Waals surface area contributed by atoms with Crippen molar-refractivity contribution in [2.24, 2.45) is 5.92 Å². The van der Waals surface area contributed by atoms with Crippen LogP contribution in [0.25, 0.3) is 0 Å². The Morgan fingerprint density at radius 1 is 1.35 bits per heavy atom. The Labute approximate surface area is 124 Å². The van der Waals surface area contributed by atoms with E-state index in [1.807, 2.05) is 0 Å². The van der Waals surface area contributed by atoms with Crippen molar-refractivity contribution in [1.82, 2.24) is 5.32 Å². The molecule has 0 aliphatic rings. The van der Waals surface area contributed by atoms with Crippen molar-refractivity contribution in [2.45, 2.75) is 26.8 Å². The molecule has 1 atom stereocenters.